The molecule has 1 aromatic heterocycles. The molecule has 2 amide bonds. The number of thiophene rings is 1. The lowest BCUT2D eigenvalue weighted by Gasteiger charge is -2.31. The second-order valence-electron chi connectivity index (χ2n) is 8.14. The van der Waals surface area contributed by atoms with E-state index in [4.69, 9.17) is 4.74 Å². The fraction of sp³-hybridized carbons (Fsp3) is 0.333. The van der Waals surface area contributed by atoms with Gasteiger partial charge in [0.2, 0.25) is 5.91 Å². The van der Waals surface area contributed by atoms with Crippen LogP contribution in [0.25, 0.3) is 0 Å². The van der Waals surface area contributed by atoms with Crippen LogP contribution in [0, 0.1) is 6.92 Å². The number of ether oxygens (including phenoxy) is 1. The predicted octanol–water partition coefficient (Wildman–Crippen LogP) is 5.29. The summed E-state index contributed by atoms with van der Waals surface area (Å²) in [5.41, 5.74) is 2.24. The third kappa shape index (κ3) is 7.19. The van der Waals surface area contributed by atoms with Gasteiger partial charge in [-0.05, 0) is 55.0 Å². The summed E-state index contributed by atoms with van der Waals surface area (Å²) in [6, 6.07) is 21.2. The van der Waals surface area contributed by atoms with Crippen LogP contribution in [-0.4, -0.2) is 40.8 Å². The lowest BCUT2D eigenvalue weighted by molar-refractivity contribution is -0.144. The highest BCUT2D eigenvalue weighted by molar-refractivity contribution is 7.10. The van der Waals surface area contributed by atoms with Crippen molar-refractivity contribution in [3.8, 4) is 5.75 Å². The van der Waals surface area contributed by atoms with Crippen LogP contribution in [0.1, 0.15) is 36.3 Å². The number of aryl methyl sites for hydroxylation is 1. The molecule has 33 heavy (non-hydrogen) atoms. The summed E-state index contributed by atoms with van der Waals surface area (Å²) in [4.78, 5) is 31.2. The van der Waals surface area contributed by atoms with Gasteiger partial charge in [0.05, 0.1) is 6.54 Å². The minimum Gasteiger partial charge on any atom is -0.484 e. The van der Waals surface area contributed by atoms with Crippen LogP contribution in [0.3, 0.4) is 0 Å². The normalized spacial score (nSPS) is 11.6. The number of hydrogen-bond acceptors (Lipinski definition) is 4. The maximum atomic E-state index is 13.5. The van der Waals surface area contributed by atoms with E-state index in [1.807, 2.05) is 84.8 Å². The van der Waals surface area contributed by atoms with Crippen molar-refractivity contribution in [2.45, 2.75) is 46.3 Å². The number of nitrogens with zero attached hydrogens (tertiary/aromatic N) is 2. The smallest absolute Gasteiger partial charge is 0.261 e. The summed E-state index contributed by atoms with van der Waals surface area (Å²) >= 11 is 1.65. The van der Waals surface area contributed by atoms with Crippen LogP contribution in [0.5, 0.6) is 5.75 Å². The highest BCUT2D eigenvalue weighted by Gasteiger charge is 2.26. The Bertz CT molecular complexity index is 1020. The topological polar surface area (TPSA) is 49.9 Å². The molecule has 0 spiro atoms. The van der Waals surface area contributed by atoms with E-state index in [2.05, 4.69) is 13.0 Å². The van der Waals surface area contributed by atoms with Crippen molar-refractivity contribution in [2.24, 2.45) is 0 Å². The molecule has 0 N–H and O–H groups in total. The predicted molar refractivity (Wildman–Crippen MR) is 133 cm³/mol. The first-order valence-electron chi connectivity index (χ1n) is 11.3. The highest BCUT2D eigenvalue weighted by Crippen LogP contribution is 2.20. The molecular formula is C27H32N2O3S. The Morgan fingerprint density at radius 3 is 2.21 bits per heavy atom. The molecule has 0 aliphatic carbocycles. The molecule has 0 saturated heterocycles. The second-order valence-corrected chi connectivity index (χ2v) is 9.14. The van der Waals surface area contributed by atoms with Gasteiger partial charge in [-0.2, -0.15) is 0 Å². The van der Waals surface area contributed by atoms with Crippen molar-refractivity contribution in [3.05, 3.63) is 88.1 Å². The fourth-order valence-corrected chi connectivity index (χ4v) is 4.40. The molecule has 1 unspecified atom stereocenters. The molecule has 0 aliphatic heterocycles. The molecular weight excluding hydrogens is 432 g/mol. The van der Waals surface area contributed by atoms with Gasteiger partial charge in [-0.25, -0.2) is 0 Å². The summed E-state index contributed by atoms with van der Waals surface area (Å²) in [6.45, 7) is 7.02. The summed E-state index contributed by atoms with van der Waals surface area (Å²) in [5.74, 6) is 0.383. The Morgan fingerprint density at radius 1 is 0.939 bits per heavy atom. The van der Waals surface area contributed by atoms with Crippen molar-refractivity contribution in [2.75, 3.05) is 13.2 Å². The average molecular weight is 465 g/mol. The number of carbonyl (C=O) groups is 2. The maximum Gasteiger partial charge on any atom is 0.261 e. The summed E-state index contributed by atoms with van der Waals surface area (Å²) < 4.78 is 5.67. The molecule has 3 rings (SSSR count). The van der Waals surface area contributed by atoms with Gasteiger partial charge in [0.15, 0.2) is 6.61 Å². The zero-order valence-electron chi connectivity index (χ0n) is 19.6. The van der Waals surface area contributed by atoms with E-state index < -0.39 is 0 Å². The molecule has 5 nitrogen and oxygen atoms in total. The number of para-hydroxylation sites is 1. The molecule has 0 radical (unpaired) electrons. The van der Waals surface area contributed by atoms with E-state index in [-0.39, 0.29) is 31.0 Å². The van der Waals surface area contributed by atoms with Crippen LogP contribution >= 0.6 is 11.3 Å². The summed E-state index contributed by atoms with van der Waals surface area (Å²) in [5, 5.41) is 2.05. The molecule has 1 atom stereocenters. The van der Waals surface area contributed by atoms with Gasteiger partial charge in [-0.1, -0.05) is 55.5 Å². The monoisotopic (exact) mass is 464 g/mol. The fourth-order valence-electron chi connectivity index (χ4n) is 3.48. The van der Waals surface area contributed by atoms with Gasteiger partial charge in [-0.15, -0.1) is 11.3 Å². The molecule has 3 aromatic rings. The van der Waals surface area contributed by atoms with Crippen molar-refractivity contribution >= 4 is 23.2 Å². The first-order valence-corrected chi connectivity index (χ1v) is 12.2. The van der Waals surface area contributed by atoms with E-state index in [0.717, 1.165) is 16.9 Å². The Labute approximate surface area is 200 Å². The summed E-state index contributed by atoms with van der Waals surface area (Å²) in [6.07, 6.45) is 0.757. The quantitative estimate of drug-likeness (QED) is 0.387. The molecule has 6 heteroatoms. The molecule has 0 bridgehead atoms. The van der Waals surface area contributed by atoms with Crippen LogP contribution in [0.4, 0.5) is 0 Å². The summed E-state index contributed by atoms with van der Waals surface area (Å²) in [7, 11) is 0. The molecule has 2 aromatic carbocycles. The molecule has 1 heterocycles. The van der Waals surface area contributed by atoms with E-state index in [9.17, 15) is 9.59 Å². The van der Waals surface area contributed by atoms with Crippen molar-refractivity contribution in [3.63, 3.8) is 0 Å². The van der Waals surface area contributed by atoms with E-state index >= 15 is 0 Å². The van der Waals surface area contributed by atoms with Gasteiger partial charge in [0.1, 0.15) is 12.3 Å². The van der Waals surface area contributed by atoms with Gasteiger partial charge >= 0.3 is 0 Å². The Hall–Kier alpha value is -3.12. The van der Waals surface area contributed by atoms with E-state index in [0.29, 0.717) is 18.8 Å². The number of amides is 2. The number of carbonyl (C=O) groups excluding carboxylic acids is 2. The third-order valence-electron chi connectivity index (χ3n) is 5.73. The molecule has 0 aliphatic rings. The third-order valence-corrected chi connectivity index (χ3v) is 6.73. The van der Waals surface area contributed by atoms with Crippen molar-refractivity contribution in [1.82, 2.24) is 9.80 Å². The van der Waals surface area contributed by atoms with E-state index in [1.165, 1.54) is 5.56 Å². The molecule has 0 saturated carbocycles. The molecule has 174 valence electrons. The minimum atomic E-state index is -0.187. The first-order chi connectivity index (χ1) is 16.0. The van der Waals surface area contributed by atoms with Crippen molar-refractivity contribution < 1.29 is 14.3 Å². The number of hydrogen-bond donors (Lipinski definition) is 0. The Morgan fingerprint density at radius 2 is 1.61 bits per heavy atom. The van der Waals surface area contributed by atoms with Crippen LogP contribution in [0.15, 0.2) is 72.1 Å². The van der Waals surface area contributed by atoms with Crippen LogP contribution < -0.4 is 4.74 Å². The van der Waals surface area contributed by atoms with Gasteiger partial charge in [0.25, 0.3) is 5.91 Å². The highest BCUT2D eigenvalue weighted by atomic mass is 32.1. The van der Waals surface area contributed by atoms with Crippen LogP contribution in [0.2, 0.25) is 0 Å². The standard InChI is InChI=1S/C27H32N2O3S/c1-4-22(3)29(27(31)20-32-24-13-9-6-10-14-24)19-26(30)28(17-23-11-7-5-8-12-23)18-25-21(2)15-16-33-25/h5-16,22H,4,17-20H2,1-3H3. The van der Waals surface area contributed by atoms with Gasteiger partial charge < -0.3 is 14.5 Å². The average Bonchev–Trinajstić information content (AvgIpc) is 3.25. The Balaban J connectivity index is 1.73. The van der Waals surface area contributed by atoms with Crippen molar-refractivity contribution in [1.29, 1.82) is 0 Å². The second kappa shape index (κ2) is 12.2. The zero-order chi connectivity index (χ0) is 23.6. The van der Waals surface area contributed by atoms with Gasteiger partial charge in [0, 0.05) is 17.5 Å². The van der Waals surface area contributed by atoms with E-state index in [1.54, 1.807) is 16.2 Å². The first kappa shape index (κ1) is 24.5. The Kier molecular flexibility index (Phi) is 9.07. The lowest BCUT2D eigenvalue weighted by atomic mass is 10.2. The largest absolute Gasteiger partial charge is 0.484 e. The van der Waals surface area contributed by atoms with Gasteiger partial charge in [-0.3, -0.25) is 9.59 Å². The van der Waals surface area contributed by atoms with Crippen LogP contribution in [-0.2, 0) is 22.7 Å². The molecule has 0 fully saturated rings. The minimum absolute atomic E-state index is 0.0310. The number of rotatable bonds is 11. The number of benzene rings is 2. The lowest BCUT2D eigenvalue weighted by Crippen LogP contribution is -2.47. The zero-order valence-corrected chi connectivity index (χ0v) is 20.4. The SMILES string of the molecule is CCC(C)N(CC(=O)N(Cc1ccccc1)Cc1sccc1C)C(=O)COc1ccccc1. The maximum absolute atomic E-state index is 13.5.